The van der Waals surface area contributed by atoms with Crippen molar-refractivity contribution in [2.24, 2.45) is 5.73 Å². The van der Waals surface area contributed by atoms with Crippen molar-refractivity contribution >= 4 is 45.9 Å². The lowest BCUT2D eigenvalue weighted by molar-refractivity contribution is -0.137. The summed E-state index contributed by atoms with van der Waals surface area (Å²) in [5.74, 6) is -0.0901. The molecule has 5 N–H and O–H groups in total. The van der Waals surface area contributed by atoms with Crippen LogP contribution in [0.25, 0.3) is 11.0 Å². The molecule has 1 saturated heterocycles. The third-order valence-electron chi connectivity index (χ3n) is 11.1. The SMILES string of the molecule is CCC(N)(CC)CCn1c(C(CC(=O)N2CCC(N3CCc4ccccc4NC3=O)CC2)Cc2cc(Cl)c(N)c(C(F)(F)F)c2)nc2ccccc21. The third-order valence-corrected chi connectivity index (χ3v) is 11.4. The summed E-state index contributed by atoms with van der Waals surface area (Å²) in [4.78, 5) is 36.0. The van der Waals surface area contributed by atoms with E-state index in [4.69, 9.17) is 28.1 Å². The number of fused-ring (bicyclic) bond motifs is 2. The number of carbonyl (C=O) groups is 2. The number of amides is 3. The fourth-order valence-electron chi connectivity index (χ4n) is 7.65. The molecule has 1 unspecified atom stereocenters. The number of alkyl halides is 3. The van der Waals surface area contributed by atoms with E-state index >= 15 is 0 Å². The highest BCUT2D eigenvalue weighted by molar-refractivity contribution is 6.33. The van der Waals surface area contributed by atoms with Gasteiger partial charge in [-0.05, 0) is 86.4 Å². The zero-order valence-corrected chi connectivity index (χ0v) is 30.4. The molecule has 52 heavy (non-hydrogen) atoms. The van der Waals surface area contributed by atoms with E-state index in [1.807, 2.05) is 53.4 Å². The van der Waals surface area contributed by atoms with E-state index < -0.39 is 28.9 Å². The van der Waals surface area contributed by atoms with Crippen LogP contribution in [0.4, 0.5) is 29.3 Å². The van der Waals surface area contributed by atoms with Gasteiger partial charge in [-0.15, -0.1) is 0 Å². The van der Waals surface area contributed by atoms with Crippen LogP contribution >= 0.6 is 11.6 Å². The number of likely N-dealkylation sites (tertiary alicyclic amines) is 1. The van der Waals surface area contributed by atoms with Crippen molar-refractivity contribution in [1.29, 1.82) is 0 Å². The molecule has 3 heterocycles. The van der Waals surface area contributed by atoms with E-state index in [0.29, 0.717) is 56.8 Å². The molecular weight excluding hydrogens is 691 g/mol. The Labute approximate surface area is 307 Å². The Hall–Kier alpha value is -4.29. The highest BCUT2D eigenvalue weighted by Crippen LogP contribution is 2.39. The number of imidazole rings is 1. The smallest absolute Gasteiger partial charge is 0.397 e. The van der Waals surface area contributed by atoms with Gasteiger partial charge in [-0.25, -0.2) is 9.78 Å². The molecule has 278 valence electrons. The van der Waals surface area contributed by atoms with Gasteiger partial charge in [-0.1, -0.05) is 55.8 Å². The minimum Gasteiger partial charge on any atom is -0.397 e. The molecule has 0 saturated carbocycles. The predicted molar refractivity (Wildman–Crippen MR) is 199 cm³/mol. The highest BCUT2D eigenvalue weighted by atomic mass is 35.5. The molecule has 1 fully saturated rings. The molecule has 0 bridgehead atoms. The molecule has 1 aromatic heterocycles. The average Bonchev–Trinajstić information content (AvgIpc) is 3.41. The lowest BCUT2D eigenvalue weighted by atomic mass is 9.90. The minimum atomic E-state index is -4.70. The van der Waals surface area contributed by atoms with Crippen LogP contribution < -0.4 is 16.8 Å². The summed E-state index contributed by atoms with van der Waals surface area (Å²) < 4.78 is 44.2. The molecular formula is C39H47ClF3N7O2. The first-order valence-corrected chi connectivity index (χ1v) is 18.5. The Morgan fingerprint density at radius 1 is 1.04 bits per heavy atom. The number of halogens is 4. The van der Waals surface area contributed by atoms with Crippen molar-refractivity contribution in [1.82, 2.24) is 19.4 Å². The lowest BCUT2D eigenvalue weighted by Crippen LogP contribution is -2.50. The first kappa shape index (κ1) is 37.5. The number of hydrogen-bond donors (Lipinski definition) is 3. The largest absolute Gasteiger partial charge is 0.418 e. The number of carbonyl (C=O) groups excluding carboxylic acids is 2. The van der Waals surface area contributed by atoms with Crippen LogP contribution in [0.15, 0.2) is 60.7 Å². The van der Waals surface area contributed by atoms with Gasteiger partial charge in [0.05, 0.1) is 27.3 Å². The Morgan fingerprint density at radius 3 is 2.44 bits per heavy atom. The summed E-state index contributed by atoms with van der Waals surface area (Å²) in [6.45, 7) is 6.15. The fraction of sp³-hybridized carbons (Fsp3) is 0.462. The number of hydrogen-bond acceptors (Lipinski definition) is 5. The number of aromatic nitrogens is 2. The van der Waals surface area contributed by atoms with Gasteiger partial charge in [-0.2, -0.15) is 13.2 Å². The summed E-state index contributed by atoms with van der Waals surface area (Å²) in [7, 11) is 0. The van der Waals surface area contributed by atoms with E-state index in [0.717, 1.165) is 47.6 Å². The van der Waals surface area contributed by atoms with Gasteiger partial charge in [0, 0.05) is 55.8 Å². The number of nitrogens with one attached hydrogen (secondary N) is 1. The summed E-state index contributed by atoms with van der Waals surface area (Å²) >= 11 is 6.27. The highest BCUT2D eigenvalue weighted by Gasteiger charge is 2.36. The number of nitrogens with zero attached hydrogens (tertiary/aromatic N) is 4. The van der Waals surface area contributed by atoms with E-state index in [1.165, 1.54) is 6.07 Å². The van der Waals surface area contributed by atoms with Crippen molar-refractivity contribution in [3.63, 3.8) is 0 Å². The number of nitrogen functional groups attached to an aromatic ring is 1. The second-order valence-corrected chi connectivity index (χ2v) is 14.6. The zero-order chi connectivity index (χ0) is 37.2. The summed E-state index contributed by atoms with van der Waals surface area (Å²) in [5.41, 5.74) is 14.4. The van der Waals surface area contributed by atoms with E-state index in [1.54, 1.807) is 4.90 Å². The molecule has 4 aromatic rings. The van der Waals surface area contributed by atoms with Gasteiger partial charge >= 0.3 is 12.2 Å². The van der Waals surface area contributed by atoms with Gasteiger partial charge in [-0.3, -0.25) is 4.79 Å². The Bertz CT molecular complexity index is 1920. The van der Waals surface area contributed by atoms with Gasteiger partial charge < -0.3 is 31.2 Å². The topological polar surface area (TPSA) is 123 Å². The quantitative estimate of drug-likeness (QED) is 0.135. The van der Waals surface area contributed by atoms with Crippen LogP contribution in [0.2, 0.25) is 5.02 Å². The minimum absolute atomic E-state index is 0.0200. The van der Waals surface area contributed by atoms with Crippen LogP contribution in [0.5, 0.6) is 0 Å². The second-order valence-electron chi connectivity index (χ2n) is 14.2. The van der Waals surface area contributed by atoms with Gasteiger partial charge in [0.25, 0.3) is 0 Å². The maximum Gasteiger partial charge on any atom is 0.418 e. The molecule has 3 amide bonds. The summed E-state index contributed by atoms with van der Waals surface area (Å²) in [5, 5.41) is 2.85. The number of piperidine rings is 1. The van der Waals surface area contributed by atoms with E-state index in [2.05, 4.69) is 23.7 Å². The molecule has 1 atom stereocenters. The first-order chi connectivity index (χ1) is 24.8. The molecule has 13 heteroatoms. The summed E-state index contributed by atoms with van der Waals surface area (Å²) in [6.07, 6.45) is -0.415. The van der Waals surface area contributed by atoms with Crippen molar-refractivity contribution in [2.45, 2.75) is 95.4 Å². The Kier molecular flexibility index (Phi) is 11.1. The van der Waals surface area contributed by atoms with Crippen molar-refractivity contribution < 1.29 is 22.8 Å². The number of anilines is 2. The number of benzene rings is 3. The third kappa shape index (κ3) is 8.02. The van der Waals surface area contributed by atoms with Crippen LogP contribution in [0.3, 0.4) is 0 Å². The summed E-state index contributed by atoms with van der Waals surface area (Å²) in [6, 6.07) is 17.8. The number of nitrogens with two attached hydrogens (primary N) is 2. The van der Waals surface area contributed by atoms with Gasteiger partial charge in [0.2, 0.25) is 5.91 Å². The van der Waals surface area contributed by atoms with Crippen LogP contribution in [-0.2, 0) is 30.4 Å². The normalized spacial score (nSPS) is 16.5. The zero-order valence-electron chi connectivity index (χ0n) is 29.7. The number of aryl methyl sites for hydroxylation is 1. The van der Waals surface area contributed by atoms with Crippen molar-refractivity contribution in [3.05, 3.63) is 88.2 Å². The lowest BCUT2D eigenvalue weighted by Gasteiger charge is -2.38. The molecule has 0 aliphatic carbocycles. The standard InChI is InChI=1S/C39H47ClF3N7O2/c1-3-38(45,4-2)16-20-50-33-12-8-7-11-32(33)46-36(50)27(21-25-22-29(39(41,42)43)35(44)30(40)23-25)24-34(51)48-17-14-28(15-18-48)49-19-13-26-9-5-6-10-31(26)47-37(49)52/h5-12,22-23,27-28H,3-4,13-21,24,44-45H2,1-2H3,(H,47,52). The molecule has 2 aliphatic heterocycles. The predicted octanol–water partition coefficient (Wildman–Crippen LogP) is 8.00. The fourth-order valence-corrected chi connectivity index (χ4v) is 7.89. The van der Waals surface area contributed by atoms with E-state index in [9.17, 15) is 22.8 Å². The van der Waals surface area contributed by atoms with E-state index in [-0.39, 0.29) is 35.8 Å². The molecule has 3 aromatic carbocycles. The molecule has 0 spiro atoms. The molecule has 9 nitrogen and oxygen atoms in total. The number of para-hydroxylation sites is 3. The average molecular weight is 738 g/mol. The Morgan fingerprint density at radius 2 is 1.73 bits per heavy atom. The Balaban J connectivity index is 1.27. The van der Waals surface area contributed by atoms with Crippen molar-refractivity contribution in [2.75, 3.05) is 30.7 Å². The maximum atomic E-state index is 14.2. The number of rotatable bonds is 11. The van der Waals surface area contributed by atoms with Crippen LogP contribution in [0.1, 0.15) is 80.8 Å². The second kappa shape index (κ2) is 15.4. The monoisotopic (exact) mass is 737 g/mol. The maximum absolute atomic E-state index is 14.2. The first-order valence-electron chi connectivity index (χ1n) is 18.1. The molecule has 6 rings (SSSR count). The van der Waals surface area contributed by atoms with Crippen LogP contribution in [-0.4, -0.2) is 62.5 Å². The molecule has 0 radical (unpaired) electrons. The van der Waals surface area contributed by atoms with Gasteiger partial charge in [0.15, 0.2) is 0 Å². The molecule has 2 aliphatic rings. The van der Waals surface area contributed by atoms with Gasteiger partial charge in [0.1, 0.15) is 5.82 Å². The number of urea groups is 1. The van der Waals surface area contributed by atoms with Crippen molar-refractivity contribution in [3.8, 4) is 0 Å². The van der Waals surface area contributed by atoms with Crippen LogP contribution in [0, 0.1) is 0 Å².